The number of carbonyl (C=O) groups excluding carboxylic acids is 3. The Kier molecular flexibility index (Phi) is 6.15. The summed E-state index contributed by atoms with van der Waals surface area (Å²) in [5.74, 6) is -0.712. The summed E-state index contributed by atoms with van der Waals surface area (Å²) in [6.07, 6.45) is 3.72. The zero-order valence-corrected chi connectivity index (χ0v) is 20.8. The van der Waals surface area contributed by atoms with Crippen molar-refractivity contribution in [3.8, 4) is 11.5 Å². The Morgan fingerprint density at radius 2 is 1.71 bits per heavy atom. The number of barbiturate groups is 1. The van der Waals surface area contributed by atoms with E-state index in [0.717, 1.165) is 28.3 Å². The van der Waals surface area contributed by atoms with E-state index in [1.54, 1.807) is 12.1 Å². The summed E-state index contributed by atoms with van der Waals surface area (Å²) >= 11 is 0. The molecular weight excluding hydrogens is 446 g/mol. The number of urea groups is 1. The molecule has 2 aromatic carbocycles. The Labute approximate surface area is 204 Å². The average molecular weight is 476 g/mol. The first-order valence-electron chi connectivity index (χ1n) is 11.4. The number of carbonyl (C=O) groups is 3. The number of rotatable bonds is 5. The predicted molar refractivity (Wildman–Crippen MR) is 136 cm³/mol. The fraction of sp³-hybridized carbons (Fsp3) is 0.296. The summed E-state index contributed by atoms with van der Waals surface area (Å²) in [7, 11) is 2.93. The molecule has 2 aliphatic rings. The van der Waals surface area contributed by atoms with E-state index in [2.05, 4.69) is 44.0 Å². The van der Waals surface area contributed by atoms with Crippen molar-refractivity contribution in [2.75, 3.05) is 30.6 Å². The fourth-order valence-corrected chi connectivity index (χ4v) is 4.78. The molecule has 8 heteroatoms. The number of fused-ring (bicyclic) bond motifs is 1. The van der Waals surface area contributed by atoms with Gasteiger partial charge in [-0.1, -0.05) is 12.1 Å². The van der Waals surface area contributed by atoms with E-state index in [1.807, 2.05) is 18.2 Å². The number of likely N-dealkylation sites (N-methyl/N-ethyl adjacent to an activating group) is 1. The van der Waals surface area contributed by atoms with Gasteiger partial charge in [-0.25, -0.2) is 9.69 Å². The number of nitrogens with one attached hydrogen (secondary N) is 1. The lowest BCUT2D eigenvalue weighted by Gasteiger charge is -2.42. The van der Waals surface area contributed by atoms with Gasteiger partial charge in [-0.15, -0.1) is 0 Å². The van der Waals surface area contributed by atoms with Gasteiger partial charge in [-0.2, -0.15) is 0 Å². The maximum Gasteiger partial charge on any atom is 0.336 e. The van der Waals surface area contributed by atoms with Crippen molar-refractivity contribution in [1.82, 2.24) is 5.32 Å². The largest absolute Gasteiger partial charge is 0.497 e. The second-order valence-electron chi connectivity index (χ2n) is 9.00. The number of allylic oxidation sites excluding steroid dienone is 1. The molecule has 2 heterocycles. The van der Waals surface area contributed by atoms with Crippen molar-refractivity contribution < 1.29 is 23.9 Å². The Morgan fingerprint density at radius 1 is 1.00 bits per heavy atom. The molecule has 35 heavy (non-hydrogen) atoms. The maximum absolute atomic E-state index is 13.4. The highest BCUT2D eigenvalue weighted by molar-refractivity contribution is 6.39. The van der Waals surface area contributed by atoms with Gasteiger partial charge >= 0.3 is 6.03 Å². The van der Waals surface area contributed by atoms with Crippen molar-refractivity contribution in [2.45, 2.75) is 33.2 Å². The summed E-state index contributed by atoms with van der Waals surface area (Å²) in [5, 5.41) is 2.26. The number of hydrogen-bond donors (Lipinski definition) is 1. The van der Waals surface area contributed by atoms with E-state index in [1.165, 1.54) is 26.4 Å². The highest BCUT2D eigenvalue weighted by Gasteiger charge is 2.38. The van der Waals surface area contributed by atoms with Crippen molar-refractivity contribution in [3.63, 3.8) is 0 Å². The number of anilines is 2. The molecular formula is C27H29N3O5. The minimum atomic E-state index is -0.842. The number of nitrogens with zero attached hydrogens (tertiary/aromatic N) is 2. The molecule has 0 aliphatic carbocycles. The Bertz CT molecular complexity index is 1290. The van der Waals surface area contributed by atoms with E-state index < -0.39 is 17.8 Å². The molecule has 182 valence electrons. The molecule has 0 aromatic heterocycles. The van der Waals surface area contributed by atoms with Gasteiger partial charge in [0.15, 0.2) is 0 Å². The zero-order valence-electron chi connectivity index (χ0n) is 20.8. The molecule has 0 saturated carbocycles. The van der Waals surface area contributed by atoms with Crippen LogP contribution in [0.1, 0.15) is 38.8 Å². The summed E-state index contributed by atoms with van der Waals surface area (Å²) < 4.78 is 10.6. The highest BCUT2D eigenvalue weighted by Crippen LogP contribution is 2.39. The van der Waals surface area contributed by atoms with Crippen molar-refractivity contribution in [1.29, 1.82) is 0 Å². The van der Waals surface area contributed by atoms with Gasteiger partial charge in [-0.3, -0.25) is 14.9 Å². The van der Waals surface area contributed by atoms with Crippen LogP contribution in [-0.2, 0) is 9.59 Å². The normalized spacial score (nSPS) is 18.3. The van der Waals surface area contributed by atoms with Gasteiger partial charge in [0.2, 0.25) is 0 Å². The number of benzene rings is 2. The quantitative estimate of drug-likeness (QED) is 0.510. The van der Waals surface area contributed by atoms with Crippen molar-refractivity contribution in [3.05, 3.63) is 59.2 Å². The van der Waals surface area contributed by atoms with E-state index in [0.29, 0.717) is 11.3 Å². The van der Waals surface area contributed by atoms with Crippen LogP contribution >= 0.6 is 0 Å². The second kappa shape index (κ2) is 8.94. The molecule has 0 bridgehead atoms. The molecule has 4 rings (SSSR count). The molecule has 0 atom stereocenters. The molecule has 0 radical (unpaired) electrons. The van der Waals surface area contributed by atoms with Crippen LogP contribution < -0.4 is 24.6 Å². The third kappa shape index (κ3) is 4.16. The minimum Gasteiger partial charge on any atom is -0.497 e. The van der Waals surface area contributed by atoms with Gasteiger partial charge < -0.3 is 14.4 Å². The van der Waals surface area contributed by atoms with Gasteiger partial charge in [0.1, 0.15) is 17.1 Å². The van der Waals surface area contributed by atoms with Crippen LogP contribution in [-0.4, -0.2) is 44.1 Å². The molecule has 0 unspecified atom stereocenters. The van der Waals surface area contributed by atoms with Gasteiger partial charge in [-0.05, 0) is 69.2 Å². The summed E-state index contributed by atoms with van der Waals surface area (Å²) in [5.41, 5.74) is 3.87. The average Bonchev–Trinajstić information content (AvgIpc) is 2.81. The number of ether oxygens (including phenoxy) is 2. The summed E-state index contributed by atoms with van der Waals surface area (Å²) in [4.78, 5) is 41.9. The summed E-state index contributed by atoms with van der Waals surface area (Å²) in [6, 6.07) is 9.71. The molecule has 2 aromatic rings. The van der Waals surface area contributed by atoms with E-state index in [4.69, 9.17) is 9.47 Å². The number of imide groups is 2. The Hall–Kier alpha value is -4.07. The molecule has 8 nitrogen and oxygen atoms in total. The van der Waals surface area contributed by atoms with E-state index >= 15 is 0 Å². The van der Waals surface area contributed by atoms with Crippen LogP contribution in [0, 0.1) is 0 Å². The monoisotopic (exact) mass is 475 g/mol. The van der Waals surface area contributed by atoms with Crippen molar-refractivity contribution in [2.24, 2.45) is 0 Å². The first-order valence-corrected chi connectivity index (χ1v) is 11.4. The van der Waals surface area contributed by atoms with Crippen molar-refractivity contribution >= 4 is 40.9 Å². The number of methoxy groups -OCH3 is 2. The Morgan fingerprint density at radius 3 is 2.37 bits per heavy atom. The number of hydrogen-bond acceptors (Lipinski definition) is 6. The lowest BCUT2D eigenvalue weighted by molar-refractivity contribution is -0.122. The van der Waals surface area contributed by atoms with E-state index in [9.17, 15) is 14.4 Å². The first kappa shape index (κ1) is 24.1. The molecule has 1 saturated heterocycles. The van der Waals surface area contributed by atoms with Gasteiger partial charge in [0.05, 0.1) is 25.4 Å². The second-order valence-corrected chi connectivity index (χ2v) is 9.00. The fourth-order valence-electron chi connectivity index (χ4n) is 4.78. The third-order valence-corrected chi connectivity index (χ3v) is 6.36. The van der Waals surface area contributed by atoms with Crippen LogP contribution in [0.25, 0.3) is 11.6 Å². The third-order valence-electron chi connectivity index (χ3n) is 6.36. The van der Waals surface area contributed by atoms with Gasteiger partial charge in [0.25, 0.3) is 11.8 Å². The highest BCUT2D eigenvalue weighted by atomic mass is 16.5. The molecule has 0 spiro atoms. The van der Waals surface area contributed by atoms with E-state index in [-0.39, 0.29) is 22.5 Å². The standard InChI is InChI=1S/C27H29N3O5/c1-7-29-21-10-8-17(12-19(21)16(2)15-27(29,3)4)13-20-24(31)28-26(33)30(25(20)32)22-11-9-18(34-5)14-23(22)35-6/h8-15H,7H2,1-6H3,(H,28,31,33)/b20-13+. The summed E-state index contributed by atoms with van der Waals surface area (Å²) in [6.45, 7) is 9.34. The van der Waals surface area contributed by atoms with Crippen LogP contribution in [0.15, 0.2) is 48.0 Å². The zero-order chi connectivity index (χ0) is 25.5. The smallest absolute Gasteiger partial charge is 0.336 e. The number of amides is 4. The van der Waals surface area contributed by atoms with Crippen LogP contribution in [0.5, 0.6) is 11.5 Å². The maximum atomic E-state index is 13.4. The van der Waals surface area contributed by atoms with Gasteiger partial charge in [0, 0.05) is 23.9 Å². The molecule has 2 aliphatic heterocycles. The van der Waals surface area contributed by atoms with Crippen LogP contribution in [0.2, 0.25) is 0 Å². The van der Waals surface area contributed by atoms with Crippen LogP contribution in [0.4, 0.5) is 16.2 Å². The molecule has 1 N–H and O–H groups in total. The molecule has 1 fully saturated rings. The Balaban J connectivity index is 1.75. The van der Waals surface area contributed by atoms with Crippen LogP contribution in [0.3, 0.4) is 0 Å². The molecule has 4 amide bonds. The topological polar surface area (TPSA) is 88.2 Å². The predicted octanol–water partition coefficient (Wildman–Crippen LogP) is 4.39. The lowest BCUT2D eigenvalue weighted by Crippen LogP contribution is -2.54. The SMILES string of the molecule is CCN1c2ccc(/C=C3\C(=O)NC(=O)N(c4ccc(OC)cc4OC)C3=O)cc2C(C)=CC1(C)C. The lowest BCUT2D eigenvalue weighted by atomic mass is 9.88. The minimum absolute atomic E-state index is 0.122. The first-order chi connectivity index (χ1) is 16.6.